The fraction of sp³-hybridized carbons (Fsp3) is 0.0625. The summed E-state index contributed by atoms with van der Waals surface area (Å²) in [5, 5.41) is 7.73. The summed E-state index contributed by atoms with van der Waals surface area (Å²) >= 11 is 4.48. The largest absolute Gasteiger partial charge is 0.444 e. The molecule has 0 fully saturated rings. The van der Waals surface area contributed by atoms with Crippen molar-refractivity contribution < 1.29 is 14.0 Å². The summed E-state index contributed by atoms with van der Waals surface area (Å²) in [4.78, 5) is 27.4. The number of thiazole rings is 1. The van der Waals surface area contributed by atoms with E-state index in [1.165, 1.54) is 18.3 Å². The highest BCUT2D eigenvalue weighted by molar-refractivity contribution is 9.10. The quantitative estimate of drug-likeness (QED) is 0.674. The SMILES string of the molecule is CC(=O)Nc1ccc(-c2csc(NC(=O)c3ccc(Br)o3)n2)cc1. The number of hydrogen-bond donors (Lipinski definition) is 2. The van der Waals surface area contributed by atoms with E-state index in [2.05, 4.69) is 31.5 Å². The predicted octanol–water partition coefficient (Wildman–Crippen LogP) is 4.38. The van der Waals surface area contributed by atoms with Gasteiger partial charge in [0.25, 0.3) is 5.91 Å². The Morgan fingerprint density at radius 3 is 2.50 bits per heavy atom. The van der Waals surface area contributed by atoms with Crippen LogP contribution in [0.2, 0.25) is 0 Å². The minimum atomic E-state index is -0.359. The molecule has 0 aliphatic rings. The summed E-state index contributed by atoms with van der Waals surface area (Å²) in [6.07, 6.45) is 0. The van der Waals surface area contributed by atoms with Crippen LogP contribution in [0.5, 0.6) is 0 Å². The number of aromatic nitrogens is 1. The number of rotatable bonds is 4. The summed E-state index contributed by atoms with van der Waals surface area (Å²) in [7, 11) is 0. The van der Waals surface area contributed by atoms with Crippen LogP contribution >= 0.6 is 27.3 Å². The van der Waals surface area contributed by atoms with Gasteiger partial charge in [0.05, 0.1) is 5.69 Å². The molecule has 0 aliphatic carbocycles. The van der Waals surface area contributed by atoms with E-state index in [9.17, 15) is 9.59 Å². The molecule has 0 saturated carbocycles. The lowest BCUT2D eigenvalue weighted by molar-refractivity contribution is -0.114. The topological polar surface area (TPSA) is 84.2 Å². The highest BCUT2D eigenvalue weighted by Crippen LogP contribution is 2.26. The molecule has 0 unspecified atom stereocenters. The number of carbonyl (C=O) groups is 2. The lowest BCUT2D eigenvalue weighted by Gasteiger charge is -2.02. The molecular weight excluding hydrogens is 394 g/mol. The highest BCUT2D eigenvalue weighted by atomic mass is 79.9. The van der Waals surface area contributed by atoms with Gasteiger partial charge in [0, 0.05) is 23.6 Å². The Balaban J connectivity index is 1.71. The number of furan rings is 1. The van der Waals surface area contributed by atoms with Crippen LogP contribution in [0.15, 0.2) is 50.9 Å². The first-order chi connectivity index (χ1) is 11.5. The minimum absolute atomic E-state index is 0.119. The summed E-state index contributed by atoms with van der Waals surface area (Å²) in [5.41, 5.74) is 2.35. The Morgan fingerprint density at radius 1 is 1.12 bits per heavy atom. The van der Waals surface area contributed by atoms with Gasteiger partial charge >= 0.3 is 0 Å². The molecule has 0 aliphatic heterocycles. The Hall–Kier alpha value is -2.45. The van der Waals surface area contributed by atoms with Crippen molar-refractivity contribution in [3.63, 3.8) is 0 Å². The van der Waals surface area contributed by atoms with Crippen LogP contribution in [0, 0.1) is 0 Å². The van der Waals surface area contributed by atoms with E-state index in [1.807, 2.05) is 17.5 Å². The molecule has 3 rings (SSSR count). The van der Waals surface area contributed by atoms with Gasteiger partial charge in [0.15, 0.2) is 15.6 Å². The Kier molecular flexibility index (Phi) is 4.77. The smallest absolute Gasteiger partial charge is 0.293 e. The van der Waals surface area contributed by atoms with Gasteiger partial charge in [-0.15, -0.1) is 11.3 Å². The lowest BCUT2D eigenvalue weighted by Crippen LogP contribution is -2.10. The molecule has 2 heterocycles. The van der Waals surface area contributed by atoms with Crippen molar-refractivity contribution in [2.24, 2.45) is 0 Å². The van der Waals surface area contributed by atoms with Crippen molar-refractivity contribution in [1.82, 2.24) is 4.98 Å². The van der Waals surface area contributed by atoms with E-state index >= 15 is 0 Å². The summed E-state index contributed by atoms with van der Waals surface area (Å²) < 4.78 is 5.69. The zero-order valence-electron chi connectivity index (χ0n) is 12.5. The number of benzene rings is 1. The fourth-order valence-electron chi connectivity index (χ4n) is 1.99. The highest BCUT2D eigenvalue weighted by Gasteiger charge is 2.13. The van der Waals surface area contributed by atoms with Gasteiger partial charge in [-0.3, -0.25) is 14.9 Å². The van der Waals surface area contributed by atoms with Gasteiger partial charge in [-0.2, -0.15) is 0 Å². The summed E-state index contributed by atoms with van der Waals surface area (Å²) in [6, 6.07) is 10.5. The molecule has 0 atom stereocenters. The molecule has 8 heteroatoms. The molecule has 2 amide bonds. The van der Waals surface area contributed by atoms with E-state index in [-0.39, 0.29) is 17.6 Å². The first-order valence-corrected chi connectivity index (χ1v) is 8.59. The van der Waals surface area contributed by atoms with E-state index in [1.54, 1.807) is 24.3 Å². The van der Waals surface area contributed by atoms with Gasteiger partial charge in [-0.05, 0) is 40.2 Å². The van der Waals surface area contributed by atoms with Crippen LogP contribution in [0.4, 0.5) is 10.8 Å². The van der Waals surface area contributed by atoms with E-state index in [4.69, 9.17) is 4.42 Å². The molecule has 1 aromatic carbocycles. The van der Waals surface area contributed by atoms with Gasteiger partial charge in [-0.25, -0.2) is 4.98 Å². The molecule has 122 valence electrons. The number of hydrogen-bond acceptors (Lipinski definition) is 5. The van der Waals surface area contributed by atoms with Crippen LogP contribution < -0.4 is 10.6 Å². The second kappa shape index (κ2) is 6.98. The second-order valence-corrected chi connectivity index (χ2v) is 6.49. The Labute approximate surface area is 150 Å². The molecular formula is C16H12BrN3O3S. The van der Waals surface area contributed by atoms with Gasteiger partial charge in [0.1, 0.15) is 0 Å². The second-order valence-electron chi connectivity index (χ2n) is 4.85. The fourth-order valence-corrected chi connectivity index (χ4v) is 3.01. The molecule has 2 N–H and O–H groups in total. The summed E-state index contributed by atoms with van der Waals surface area (Å²) in [6.45, 7) is 1.46. The van der Waals surface area contributed by atoms with Crippen molar-refractivity contribution >= 4 is 49.9 Å². The van der Waals surface area contributed by atoms with Crippen molar-refractivity contribution in [3.8, 4) is 11.3 Å². The zero-order chi connectivity index (χ0) is 17.1. The normalized spacial score (nSPS) is 10.4. The molecule has 2 aromatic heterocycles. The number of nitrogens with one attached hydrogen (secondary N) is 2. The maximum atomic E-state index is 12.0. The van der Waals surface area contributed by atoms with Crippen molar-refractivity contribution in [1.29, 1.82) is 0 Å². The van der Waals surface area contributed by atoms with E-state index in [0.29, 0.717) is 9.80 Å². The Bertz CT molecular complexity index is 886. The standard InChI is InChI=1S/C16H12BrN3O3S/c1-9(21)18-11-4-2-10(3-5-11)12-8-24-16(19-12)20-15(22)13-6-7-14(17)23-13/h2-8H,1H3,(H,18,21)(H,19,20,22). The van der Waals surface area contributed by atoms with Gasteiger partial charge in [0.2, 0.25) is 5.91 Å². The average molecular weight is 406 g/mol. The minimum Gasteiger partial charge on any atom is -0.444 e. The number of halogens is 1. The third-order valence-corrected chi connectivity index (χ3v) is 4.21. The third-order valence-electron chi connectivity index (χ3n) is 3.02. The molecule has 3 aromatic rings. The number of carbonyl (C=O) groups excluding carboxylic acids is 2. The van der Waals surface area contributed by atoms with E-state index in [0.717, 1.165) is 16.9 Å². The molecule has 6 nitrogen and oxygen atoms in total. The molecule has 0 radical (unpaired) electrons. The zero-order valence-corrected chi connectivity index (χ0v) is 14.9. The maximum absolute atomic E-state index is 12.0. The summed E-state index contributed by atoms with van der Waals surface area (Å²) in [5.74, 6) is -0.271. The van der Waals surface area contributed by atoms with Crippen molar-refractivity contribution in [2.75, 3.05) is 10.6 Å². The molecule has 0 bridgehead atoms. The van der Waals surface area contributed by atoms with Crippen LogP contribution in [-0.4, -0.2) is 16.8 Å². The maximum Gasteiger partial charge on any atom is 0.293 e. The van der Waals surface area contributed by atoms with Gasteiger partial charge < -0.3 is 9.73 Å². The van der Waals surface area contributed by atoms with E-state index < -0.39 is 0 Å². The number of amides is 2. The number of nitrogens with zero attached hydrogens (tertiary/aromatic N) is 1. The van der Waals surface area contributed by atoms with Crippen molar-refractivity contribution in [2.45, 2.75) is 6.92 Å². The predicted molar refractivity (Wildman–Crippen MR) is 96.2 cm³/mol. The first-order valence-electron chi connectivity index (χ1n) is 6.91. The lowest BCUT2D eigenvalue weighted by atomic mass is 10.1. The number of anilines is 2. The monoisotopic (exact) mass is 405 g/mol. The molecule has 24 heavy (non-hydrogen) atoms. The van der Waals surface area contributed by atoms with Crippen LogP contribution in [0.1, 0.15) is 17.5 Å². The first kappa shape index (κ1) is 16.4. The van der Waals surface area contributed by atoms with Gasteiger partial charge in [-0.1, -0.05) is 12.1 Å². The molecule has 0 spiro atoms. The van der Waals surface area contributed by atoms with Crippen LogP contribution in [0.25, 0.3) is 11.3 Å². The van der Waals surface area contributed by atoms with Crippen LogP contribution in [0.3, 0.4) is 0 Å². The molecule has 0 saturated heterocycles. The average Bonchev–Trinajstić information content (AvgIpc) is 3.17. The van der Waals surface area contributed by atoms with Crippen LogP contribution in [-0.2, 0) is 4.79 Å². The third kappa shape index (κ3) is 3.90. The van der Waals surface area contributed by atoms with Crippen molar-refractivity contribution in [3.05, 3.63) is 52.2 Å². The Morgan fingerprint density at radius 2 is 1.88 bits per heavy atom.